The van der Waals surface area contributed by atoms with Gasteiger partial charge in [0, 0.05) is 5.71 Å². The lowest BCUT2D eigenvalue weighted by atomic mass is 10.0. The molecule has 0 aliphatic carbocycles. The first-order valence-electron chi connectivity index (χ1n) is 5.53. The van der Waals surface area contributed by atoms with Crippen molar-refractivity contribution in [3.8, 4) is 0 Å². The smallest absolute Gasteiger partial charge is 0.0793 e. The molecule has 1 rings (SSSR count). The lowest BCUT2D eigenvalue weighted by Crippen LogP contribution is -2.02. The molecule has 0 aromatic heterocycles. The van der Waals surface area contributed by atoms with Gasteiger partial charge < -0.3 is 10.5 Å². The van der Waals surface area contributed by atoms with Crippen LogP contribution in [0.25, 0.3) is 0 Å². The number of benzene rings is 1. The van der Waals surface area contributed by atoms with E-state index in [1.165, 1.54) is 0 Å². The van der Waals surface area contributed by atoms with Crippen LogP contribution in [0, 0.1) is 5.41 Å². The zero-order valence-electron chi connectivity index (χ0n) is 9.24. The lowest BCUT2D eigenvalue weighted by Gasteiger charge is -2.10. The van der Waals surface area contributed by atoms with E-state index in [0.717, 1.165) is 24.1 Å². The summed E-state index contributed by atoms with van der Waals surface area (Å²) in [6.45, 7) is 2.07. The zero-order chi connectivity index (χ0) is 11.1. The molecule has 1 aromatic carbocycles. The first kappa shape index (κ1) is 11.9. The normalized spacial score (nSPS) is 12.4. The highest BCUT2D eigenvalue weighted by Crippen LogP contribution is 2.18. The van der Waals surface area contributed by atoms with Gasteiger partial charge in [-0.1, -0.05) is 43.7 Å². The molecule has 15 heavy (non-hydrogen) atoms. The average Bonchev–Trinajstić information content (AvgIpc) is 2.27. The van der Waals surface area contributed by atoms with Crippen LogP contribution >= 0.6 is 0 Å². The van der Waals surface area contributed by atoms with Gasteiger partial charge in [0.05, 0.1) is 6.10 Å². The molecule has 2 heteroatoms. The summed E-state index contributed by atoms with van der Waals surface area (Å²) in [6, 6.07) is 9.64. The van der Waals surface area contributed by atoms with Crippen LogP contribution in [0.1, 0.15) is 44.3 Å². The Morgan fingerprint density at radius 1 is 1.27 bits per heavy atom. The third kappa shape index (κ3) is 4.26. The summed E-state index contributed by atoms with van der Waals surface area (Å²) in [5.41, 5.74) is 1.69. The topological polar surface area (TPSA) is 44.1 Å². The van der Waals surface area contributed by atoms with Crippen molar-refractivity contribution in [1.29, 1.82) is 5.41 Å². The molecule has 0 saturated heterocycles. The van der Waals surface area contributed by atoms with Gasteiger partial charge in [-0.05, 0) is 24.8 Å². The molecule has 0 fully saturated rings. The van der Waals surface area contributed by atoms with Gasteiger partial charge in [-0.3, -0.25) is 0 Å². The first-order valence-corrected chi connectivity index (χ1v) is 5.53. The van der Waals surface area contributed by atoms with Crippen molar-refractivity contribution in [2.24, 2.45) is 0 Å². The van der Waals surface area contributed by atoms with Crippen LogP contribution in [0.4, 0.5) is 0 Å². The van der Waals surface area contributed by atoms with Crippen molar-refractivity contribution in [3.05, 3.63) is 35.9 Å². The molecule has 1 aromatic rings. The SMILES string of the molecule is CCCC(=N)CCC(O)c1ccccc1. The lowest BCUT2D eigenvalue weighted by molar-refractivity contribution is 0.170. The van der Waals surface area contributed by atoms with Crippen LogP contribution in [0.5, 0.6) is 0 Å². The highest BCUT2D eigenvalue weighted by atomic mass is 16.3. The number of rotatable bonds is 6. The molecular weight excluding hydrogens is 186 g/mol. The van der Waals surface area contributed by atoms with E-state index in [9.17, 15) is 5.11 Å². The van der Waals surface area contributed by atoms with Crippen molar-refractivity contribution < 1.29 is 5.11 Å². The second-order valence-corrected chi connectivity index (χ2v) is 3.82. The fourth-order valence-electron chi connectivity index (χ4n) is 1.58. The molecule has 2 N–H and O–H groups in total. The predicted molar refractivity (Wildman–Crippen MR) is 63.3 cm³/mol. The Labute approximate surface area is 91.5 Å². The van der Waals surface area contributed by atoms with E-state index in [4.69, 9.17) is 5.41 Å². The Kier molecular flexibility index (Phi) is 5.05. The minimum Gasteiger partial charge on any atom is -0.388 e. The molecule has 1 atom stereocenters. The summed E-state index contributed by atoms with van der Waals surface area (Å²) in [7, 11) is 0. The summed E-state index contributed by atoms with van der Waals surface area (Å²) in [6.07, 6.45) is 2.79. The van der Waals surface area contributed by atoms with Crippen molar-refractivity contribution in [3.63, 3.8) is 0 Å². The molecule has 0 bridgehead atoms. The van der Waals surface area contributed by atoms with Crippen molar-refractivity contribution in [2.45, 2.75) is 38.7 Å². The zero-order valence-corrected chi connectivity index (χ0v) is 9.24. The van der Waals surface area contributed by atoms with Crippen molar-refractivity contribution in [1.82, 2.24) is 0 Å². The second-order valence-electron chi connectivity index (χ2n) is 3.82. The number of nitrogens with one attached hydrogen (secondary N) is 1. The van der Waals surface area contributed by atoms with E-state index in [1.807, 2.05) is 30.3 Å². The fourth-order valence-corrected chi connectivity index (χ4v) is 1.58. The van der Waals surface area contributed by atoms with E-state index in [-0.39, 0.29) is 0 Å². The Morgan fingerprint density at radius 2 is 1.93 bits per heavy atom. The fraction of sp³-hybridized carbons (Fsp3) is 0.462. The van der Waals surface area contributed by atoms with Gasteiger partial charge in [-0.15, -0.1) is 0 Å². The minimum atomic E-state index is -0.427. The van der Waals surface area contributed by atoms with Gasteiger partial charge in [-0.25, -0.2) is 0 Å². The van der Waals surface area contributed by atoms with Gasteiger partial charge in [0.2, 0.25) is 0 Å². The van der Waals surface area contributed by atoms with Crippen LogP contribution in [0.2, 0.25) is 0 Å². The molecule has 82 valence electrons. The molecule has 1 unspecified atom stereocenters. The number of hydrogen-bond acceptors (Lipinski definition) is 2. The monoisotopic (exact) mass is 205 g/mol. The molecular formula is C13H19NO. The van der Waals surface area contributed by atoms with Gasteiger partial charge in [-0.2, -0.15) is 0 Å². The van der Waals surface area contributed by atoms with E-state index in [0.29, 0.717) is 12.8 Å². The average molecular weight is 205 g/mol. The largest absolute Gasteiger partial charge is 0.388 e. The van der Waals surface area contributed by atoms with E-state index < -0.39 is 6.10 Å². The van der Waals surface area contributed by atoms with Crippen LogP contribution < -0.4 is 0 Å². The molecule has 0 radical (unpaired) electrons. The van der Waals surface area contributed by atoms with Crippen molar-refractivity contribution >= 4 is 5.71 Å². The second kappa shape index (κ2) is 6.36. The number of aliphatic hydroxyl groups excluding tert-OH is 1. The standard InChI is InChI=1S/C13H19NO/c1-2-6-12(14)9-10-13(15)11-7-4-3-5-8-11/h3-5,7-8,13-15H,2,6,9-10H2,1H3. The molecule has 0 aliphatic rings. The maximum absolute atomic E-state index is 9.84. The Hall–Kier alpha value is -1.15. The quantitative estimate of drug-likeness (QED) is 0.687. The van der Waals surface area contributed by atoms with Crippen LogP contribution in [0.15, 0.2) is 30.3 Å². The van der Waals surface area contributed by atoms with Gasteiger partial charge in [0.25, 0.3) is 0 Å². The van der Waals surface area contributed by atoms with Crippen LogP contribution in [0.3, 0.4) is 0 Å². The third-order valence-electron chi connectivity index (χ3n) is 2.46. The summed E-state index contributed by atoms with van der Waals surface area (Å²) in [4.78, 5) is 0. The Morgan fingerprint density at radius 3 is 2.53 bits per heavy atom. The molecule has 0 heterocycles. The van der Waals surface area contributed by atoms with E-state index in [1.54, 1.807) is 0 Å². The maximum atomic E-state index is 9.84. The minimum absolute atomic E-state index is 0.427. The van der Waals surface area contributed by atoms with Crippen LogP contribution in [-0.4, -0.2) is 10.8 Å². The molecule has 2 nitrogen and oxygen atoms in total. The molecule has 0 amide bonds. The van der Waals surface area contributed by atoms with Crippen LogP contribution in [-0.2, 0) is 0 Å². The number of hydrogen-bond donors (Lipinski definition) is 2. The summed E-state index contributed by atoms with van der Waals surface area (Å²) in [5.74, 6) is 0. The highest BCUT2D eigenvalue weighted by Gasteiger charge is 2.07. The third-order valence-corrected chi connectivity index (χ3v) is 2.46. The Bertz CT molecular complexity index is 295. The summed E-state index contributed by atoms with van der Waals surface area (Å²) >= 11 is 0. The van der Waals surface area contributed by atoms with E-state index >= 15 is 0 Å². The first-order chi connectivity index (χ1) is 7.24. The van der Waals surface area contributed by atoms with Gasteiger partial charge in [0.1, 0.15) is 0 Å². The molecule has 0 saturated carbocycles. The highest BCUT2D eigenvalue weighted by molar-refractivity contribution is 5.81. The Balaban J connectivity index is 2.37. The summed E-state index contributed by atoms with van der Waals surface area (Å²) in [5, 5.41) is 17.5. The van der Waals surface area contributed by atoms with Gasteiger partial charge in [0.15, 0.2) is 0 Å². The van der Waals surface area contributed by atoms with Gasteiger partial charge >= 0.3 is 0 Å². The predicted octanol–water partition coefficient (Wildman–Crippen LogP) is 3.32. The molecule has 0 spiro atoms. The van der Waals surface area contributed by atoms with Crippen molar-refractivity contribution in [2.75, 3.05) is 0 Å². The van der Waals surface area contributed by atoms with E-state index in [2.05, 4.69) is 6.92 Å². The summed E-state index contributed by atoms with van der Waals surface area (Å²) < 4.78 is 0. The molecule has 0 aliphatic heterocycles. The maximum Gasteiger partial charge on any atom is 0.0793 e. The number of aliphatic hydroxyl groups is 1.